The zero-order valence-corrected chi connectivity index (χ0v) is 13.9. The van der Waals surface area contributed by atoms with E-state index in [1.54, 1.807) is 0 Å². The lowest BCUT2D eigenvalue weighted by Crippen LogP contribution is -2.41. The Kier molecular flexibility index (Phi) is 5.76. The molecule has 2 aromatic rings. The molecule has 1 N–H and O–H groups in total. The van der Waals surface area contributed by atoms with E-state index in [-0.39, 0.29) is 5.92 Å². The highest BCUT2D eigenvalue weighted by Crippen LogP contribution is 2.35. The van der Waals surface area contributed by atoms with E-state index in [0.29, 0.717) is 6.42 Å². The molecule has 0 spiro atoms. The number of nitrogens with zero attached hydrogens (tertiary/aromatic N) is 1. The molecule has 0 aromatic heterocycles. The van der Waals surface area contributed by atoms with Crippen LogP contribution in [-0.2, 0) is 12.0 Å². The number of hydrogen-bond acceptors (Lipinski definition) is 2. The molecule has 0 bridgehead atoms. The smallest absolute Gasteiger partial charge is 0.0937 e. The minimum atomic E-state index is -0.804. The molecule has 0 saturated heterocycles. The van der Waals surface area contributed by atoms with Gasteiger partial charge in [0.15, 0.2) is 0 Å². The van der Waals surface area contributed by atoms with Crippen molar-refractivity contribution in [2.24, 2.45) is 5.92 Å². The zero-order valence-electron chi connectivity index (χ0n) is 13.9. The zero-order chi connectivity index (χ0) is 16.0. The quantitative estimate of drug-likeness (QED) is 0.842. The molecule has 2 atom stereocenters. The third-order valence-electron chi connectivity index (χ3n) is 4.40. The molecule has 2 rings (SSSR count). The fourth-order valence-corrected chi connectivity index (χ4v) is 3.18. The Labute approximate surface area is 134 Å². The SMILES string of the molecule is CC[C@](O)(c1ccccc1)[C@@H](Cc1ccccc1)CN(C)C. The molecule has 2 aromatic carbocycles. The van der Waals surface area contributed by atoms with Gasteiger partial charge in [-0.1, -0.05) is 67.6 Å². The van der Waals surface area contributed by atoms with Crippen LogP contribution in [-0.4, -0.2) is 30.6 Å². The Morgan fingerprint density at radius 1 is 0.955 bits per heavy atom. The van der Waals surface area contributed by atoms with E-state index in [1.807, 2.05) is 36.4 Å². The van der Waals surface area contributed by atoms with Gasteiger partial charge in [0.1, 0.15) is 0 Å². The van der Waals surface area contributed by atoms with Gasteiger partial charge in [0.05, 0.1) is 5.60 Å². The molecule has 0 unspecified atom stereocenters. The van der Waals surface area contributed by atoms with Gasteiger partial charge in [0.25, 0.3) is 0 Å². The lowest BCUT2D eigenvalue weighted by molar-refractivity contribution is -0.0366. The monoisotopic (exact) mass is 297 g/mol. The Balaban J connectivity index is 2.33. The average molecular weight is 297 g/mol. The van der Waals surface area contributed by atoms with Crippen molar-refractivity contribution in [2.45, 2.75) is 25.4 Å². The van der Waals surface area contributed by atoms with E-state index in [2.05, 4.69) is 50.2 Å². The second-order valence-corrected chi connectivity index (χ2v) is 6.29. The number of aliphatic hydroxyl groups is 1. The van der Waals surface area contributed by atoms with Crippen molar-refractivity contribution in [1.82, 2.24) is 4.90 Å². The van der Waals surface area contributed by atoms with Crippen LogP contribution in [0, 0.1) is 5.92 Å². The molecule has 0 radical (unpaired) electrons. The summed E-state index contributed by atoms with van der Waals surface area (Å²) in [7, 11) is 4.14. The number of benzene rings is 2. The molecule has 0 aliphatic heterocycles. The molecule has 0 amide bonds. The first-order chi connectivity index (χ1) is 10.6. The second kappa shape index (κ2) is 7.57. The minimum Gasteiger partial charge on any atom is -0.385 e. The van der Waals surface area contributed by atoms with Crippen LogP contribution in [0.2, 0.25) is 0 Å². The first kappa shape index (κ1) is 16.7. The molecule has 0 aliphatic carbocycles. The van der Waals surface area contributed by atoms with Crippen molar-refractivity contribution < 1.29 is 5.11 Å². The summed E-state index contributed by atoms with van der Waals surface area (Å²) < 4.78 is 0. The molecule has 0 saturated carbocycles. The maximum absolute atomic E-state index is 11.4. The van der Waals surface area contributed by atoms with Gasteiger partial charge in [0.2, 0.25) is 0 Å². The van der Waals surface area contributed by atoms with Gasteiger partial charge >= 0.3 is 0 Å². The van der Waals surface area contributed by atoms with Gasteiger partial charge in [0, 0.05) is 12.5 Å². The highest BCUT2D eigenvalue weighted by molar-refractivity contribution is 5.25. The predicted octanol–water partition coefficient (Wildman–Crippen LogP) is 3.70. The lowest BCUT2D eigenvalue weighted by atomic mass is 9.76. The summed E-state index contributed by atoms with van der Waals surface area (Å²) >= 11 is 0. The Hall–Kier alpha value is -1.64. The van der Waals surface area contributed by atoms with E-state index in [9.17, 15) is 5.11 Å². The lowest BCUT2D eigenvalue weighted by Gasteiger charge is -2.38. The minimum absolute atomic E-state index is 0.150. The fourth-order valence-electron chi connectivity index (χ4n) is 3.18. The maximum atomic E-state index is 11.4. The molecule has 0 fully saturated rings. The maximum Gasteiger partial charge on any atom is 0.0937 e. The van der Waals surface area contributed by atoms with Crippen molar-refractivity contribution in [2.75, 3.05) is 20.6 Å². The van der Waals surface area contributed by atoms with E-state index < -0.39 is 5.60 Å². The van der Waals surface area contributed by atoms with Gasteiger partial charge in [-0.05, 0) is 38.1 Å². The Morgan fingerprint density at radius 3 is 2.00 bits per heavy atom. The first-order valence-corrected chi connectivity index (χ1v) is 8.03. The number of rotatable bonds is 7. The molecule has 22 heavy (non-hydrogen) atoms. The van der Waals surface area contributed by atoms with Crippen LogP contribution in [0.15, 0.2) is 60.7 Å². The predicted molar refractivity (Wildman–Crippen MR) is 92.8 cm³/mol. The third kappa shape index (κ3) is 3.96. The van der Waals surface area contributed by atoms with Crippen LogP contribution in [0.4, 0.5) is 0 Å². The normalized spacial score (nSPS) is 15.5. The summed E-state index contributed by atoms with van der Waals surface area (Å²) in [6.07, 6.45) is 1.58. The summed E-state index contributed by atoms with van der Waals surface area (Å²) in [5.74, 6) is 0.150. The van der Waals surface area contributed by atoms with Crippen molar-refractivity contribution in [3.63, 3.8) is 0 Å². The van der Waals surface area contributed by atoms with Crippen LogP contribution in [0.25, 0.3) is 0 Å². The van der Waals surface area contributed by atoms with Gasteiger partial charge in [-0.15, -0.1) is 0 Å². The fraction of sp³-hybridized carbons (Fsp3) is 0.400. The molecule has 118 valence electrons. The molecule has 2 heteroatoms. The van der Waals surface area contributed by atoms with E-state index in [4.69, 9.17) is 0 Å². The summed E-state index contributed by atoms with van der Waals surface area (Å²) in [6.45, 7) is 2.93. The van der Waals surface area contributed by atoms with E-state index in [1.165, 1.54) is 5.56 Å². The van der Waals surface area contributed by atoms with Crippen LogP contribution < -0.4 is 0 Å². The van der Waals surface area contributed by atoms with Crippen molar-refractivity contribution in [1.29, 1.82) is 0 Å². The topological polar surface area (TPSA) is 23.5 Å². The molecule has 0 aliphatic rings. The molecular formula is C20H27NO. The third-order valence-corrected chi connectivity index (χ3v) is 4.40. The van der Waals surface area contributed by atoms with Gasteiger partial charge in [-0.2, -0.15) is 0 Å². The highest BCUT2D eigenvalue weighted by Gasteiger charge is 2.36. The summed E-state index contributed by atoms with van der Waals surface area (Å²) in [6, 6.07) is 20.5. The first-order valence-electron chi connectivity index (χ1n) is 8.03. The Morgan fingerprint density at radius 2 is 1.50 bits per heavy atom. The molecule has 2 nitrogen and oxygen atoms in total. The van der Waals surface area contributed by atoms with Crippen LogP contribution in [0.1, 0.15) is 24.5 Å². The van der Waals surface area contributed by atoms with Crippen molar-refractivity contribution in [3.05, 3.63) is 71.8 Å². The molecular weight excluding hydrogens is 270 g/mol. The second-order valence-electron chi connectivity index (χ2n) is 6.29. The van der Waals surface area contributed by atoms with Gasteiger partial charge < -0.3 is 10.0 Å². The average Bonchev–Trinajstić information content (AvgIpc) is 2.55. The largest absolute Gasteiger partial charge is 0.385 e. The summed E-state index contributed by atoms with van der Waals surface area (Å²) in [5.41, 5.74) is 1.49. The number of hydrogen-bond donors (Lipinski definition) is 1. The standard InChI is InChI=1S/C20H27NO/c1-4-20(22,18-13-9-6-10-14-18)19(16-21(2)3)15-17-11-7-5-8-12-17/h5-14,19,22H,4,15-16H2,1-3H3/t19-,20-/m0/s1. The van der Waals surface area contributed by atoms with E-state index in [0.717, 1.165) is 18.5 Å². The van der Waals surface area contributed by atoms with Crippen molar-refractivity contribution in [3.8, 4) is 0 Å². The van der Waals surface area contributed by atoms with E-state index >= 15 is 0 Å². The van der Waals surface area contributed by atoms with Crippen LogP contribution in [0.3, 0.4) is 0 Å². The van der Waals surface area contributed by atoms with Gasteiger partial charge in [-0.25, -0.2) is 0 Å². The molecule has 0 heterocycles. The summed E-state index contributed by atoms with van der Waals surface area (Å²) in [4.78, 5) is 2.16. The summed E-state index contributed by atoms with van der Waals surface area (Å²) in [5, 5.41) is 11.4. The highest BCUT2D eigenvalue weighted by atomic mass is 16.3. The van der Waals surface area contributed by atoms with Crippen LogP contribution in [0.5, 0.6) is 0 Å². The Bertz CT molecular complexity index is 552. The van der Waals surface area contributed by atoms with Gasteiger partial charge in [-0.3, -0.25) is 0 Å². The van der Waals surface area contributed by atoms with Crippen LogP contribution >= 0.6 is 0 Å². The van der Waals surface area contributed by atoms with Crippen molar-refractivity contribution >= 4 is 0 Å².